The molecular weight excluding hydrogens is 386 g/mol. The Kier molecular flexibility index (Phi) is 6.33. The fourth-order valence-corrected chi connectivity index (χ4v) is 2.64. The summed E-state index contributed by atoms with van der Waals surface area (Å²) in [5, 5.41) is 9.14. The van der Waals surface area contributed by atoms with Crippen LogP contribution in [0.3, 0.4) is 0 Å². The van der Waals surface area contributed by atoms with Crippen LogP contribution < -0.4 is 21.7 Å². The number of fused-ring (bicyclic) bond motifs is 1. The number of H-pyrrole nitrogens is 1. The molecule has 152 valence electrons. The SMILES string of the molecule is CC(NC(=O)/C=C/c1ccccc1)C(=O)NNC(=O)c1n[nH]c(=O)c2ccccc12. The van der Waals surface area contributed by atoms with E-state index in [1.54, 1.807) is 30.3 Å². The second-order valence-electron chi connectivity index (χ2n) is 6.36. The third-order valence-corrected chi connectivity index (χ3v) is 4.19. The molecule has 1 unspecified atom stereocenters. The number of nitrogens with zero attached hydrogens (tertiary/aromatic N) is 1. The lowest BCUT2D eigenvalue weighted by molar-refractivity contribution is -0.127. The van der Waals surface area contributed by atoms with Gasteiger partial charge in [-0.25, -0.2) is 5.10 Å². The minimum absolute atomic E-state index is 0.0482. The Bertz CT molecular complexity index is 1170. The van der Waals surface area contributed by atoms with Gasteiger partial charge in [0, 0.05) is 11.5 Å². The Balaban J connectivity index is 1.57. The molecule has 0 aliphatic carbocycles. The van der Waals surface area contributed by atoms with Gasteiger partial charge >= 0.3 is 0 Å². The number of rotatable bonds is 5. The Hall–Kier alpha value is -4.27. The number of hydrazine groups is 1. The summed E-state index contributed by atoms with van der Waals surface area (Å²) in [4.78, 5) is 48.3. The molecule has 9 heteroatoms. The molecule has 2 aromatic carbocycles. The summed E-state index contributed by atoms with van der Waals surface area (Å²) in [6, 6.07) is 14.8. The molecule has 0 fully saturated rings. The number of nitrogens with one attached hydrogen (secondary N) is 4. The van der Waals surface area contributed by atoms with Crippen molar-refractivity contribution in [1.29, 1.82) is 0 Å². The number of hydrogen-bond acceptors (Lipinski definition) is 5. The molecule has 0 radical (unpaired) electrons. The van der Waals surface area contributed by atoms with Crippen molar-refractivity contribution in [3.8, 4) is 0 Å². The van der Waals surface area contributed by atoms with E-state index in [2.05, 4.69) is 26.4 Å². The number of benzene rings is 2. The summed E-state index contributed by atoms with van der Waals surface area (Å²) >= 11 is 0. The highest BCUT2D eigenvalue weighted by Gasteiger charge is 2.18. The molecule has 0 saturated heterocycles. The second-order valence-corrected chi connectivity index (χ2v) is 6.36. The zero-order chi connectivity index (χ0) is 21.5. The van der Waals surface area contributed by atoms with Gasteiger partial charge in [-0.3, -0.25) is 30.0 Å². The van der Waals surface area contributed by atoms with Crippen LogP contribution in [-0.2, 0) is 9.59 Å². The topological polar surface area (TPSA) is 133 Å². The van der Waals surface area contributed by atoms with E-state index in [0.29, 0.717) is 10.8 Å². The Labute approximate surface area is 171 Å². The van der Waals surface area contributed by atoms with Crippen molar-refractivity contribution in [3.63, 3.8) is 0 Å². The van der Waals surface area contributed by atoms with E-state index in [1.807, 2.05) is 30.3 Å². The molecule has 0 spiro atoms. The van der Waals surface area contributed by atoms with Crippen LogP contribution in [0.2, 0.25) is 0 Å². The van der Waals surface area contributed by atoms with Gasteiger partial charge in [0.1, 0.15) is 6.04 Å². The fraction of sp³-hybridized carbons (Fsp3) is 0.0952. The number of carbonyl (C=O) groups is 3. The standard InChI is InChI=1S/C21H19N5O4/c1-13(22-17(27)12-11-14-7-3-2-4-8-14)19(28)24-26-21(30)18-15-9-5-6-10-16(15)20(29)25-23-18/h2-13H,1H3,(H,22,27)(H,24,28)(H,25,29)(H,26,30)/b12-11+. The van der Waals surface area contributed by atoms with Crippen LogP contribution >= 0.6 is 0 Å². The van der Waals surface area contributed by atoms with E-state index in [9.17, 15) is 19.2 Å². The fourth-order valence-electron chi connectivity index (χ4n) is 2.64. The van der Waals surface area contributed by atoms with Gasteiger partial charge in [-0.05, 0) is 24.6 Å². The third kappa shape index (κ3) is 4.96. The first-order chi connectivity index (χ1) is 14.5. The van der Waals surface area contributed by atoms with Crippen molar-refractivity contribution in [2.45, 2.75) is 13.0 Å². The Morgan fingerprint density at radius 1 is 0.967 bits per heavy atom. The first kappa shape index (κ1) is 20.5. The zero-order valence-electron chi connectivity index (χ0n) is 16.0. The van der Waals surface area contributed by atoms with Crippen LogP contribution in [0.1, 0.15) is 23.0 Å². The molecule has 1 heterocycles. The summed E-state index contributed by atoms with van der Waals surface area (Å²) in [7, 11) is 0. The maximum absolute atomic E-state index is 12.4. The molecule has 1 aromatic heterocycles. The van der Waals surface area contributed by atoms with E-state index in [4.69, 9.17) is 0 Å². The summed E-state index contributed by atoms with van der Waals surface area (Å²) in [5.41, 5.74) is 4.83. The summed E-state index contributed by atoms with van der Waals surface area (Å²) in [6.07, 6.45) is 2.93. The van der Waals surface area contributed by atoms with Crippen molar-refractivity contribution >= 4 is 34.6 Å². The van der Waals surface area contributed by atoms with Gasteiger partial charge in [-0.2, -0.15) is 5.10 Å². The van der Waals surface area contributed by atoms with Crippen molar-refractivity contribution in [2.75, 3.05) is 0 Å². The first-order valence-electron chi connectivity index (χ1n) is 9.07. The molecule has 0 saturated carbocycles. The number of aromatic nitrogens is 2. The van der Waals surface area contributed by atoms with E-state index in [0.717, 1.165) is 5.56 Å². The quantitative estimate of drug-likeness (QED) is 0.370. The van der Waals surface area contributed by atoms with Gasteiger partial charge in [-0.15, -0.1) is 0 Å². The average Bonchev–Trinajstić information content (AvgIpc) is 2.77. The molecule has 0 bridgehead atoms. The highest BCUT2D eigenvalue weighted by Crippen LogP contribution is 2.11. The smallest absolute Gasteiger partial charge is 0.290 e. The van der Waals surface area contributed by atoms with Crippen molar-refractivity contribution in [1.82, 2.24) is 26.4 Å². The lowest BCUT2D eigenvalue weighted by Gasteiger charge is -2.13. The lowest BCUT2D eigenvalue weighted by Crippen LogP contribution is -2.51. The molecule has 0 aliphatic heterocycles. The predicted molar refractivity (Wildman–Crippen MR) is 111 cm³/mol. The normalized spacial score (nSPS) is 11.8. The number of carbonyl (C=O) groups excluding carboxylic acids is 3. The van der Waals surface area contributed by atoms with Gasteiger partial charge in [0.25, 0.3) is 17.4 Å². The third-order valence-electron chi connectivity index (χ3n) is 4.19. The van der Waals surface area contributed by atoms with Crippen LogP contribution in [0.15, 0.2) is 65.5 Å². The Morgan fingerprint density at radius 2 is 1.63 bits per heavy atom. The molecule has 1 atom stereocenters. The highest BCUT2D eigenvalue weighted by atomic mass is 16.2. The molecule has 9 nitrogen and oxygen atoms in total. The van der Waals surface area contributed by atoms with Crippen LogP contribution in [0, 0.1) is 0 Å². The molecule has 30 heavy (non-hydrogen) atoms. The van der Waals surface area contributed by atoms with E-state index in [1.165, 1.54) is 13.0 Å². The molecular formula is C21H19N5O4. The largest absolute Gasteiger partial charge is 0.341 e. The minimum Gasteiger partial charge on any atom is -0.341 e. The number of amides is 3. The average molecular weight is 405 g/mol. The summed E-state index contributed by atoms with van der Waals surface area (Å²) in [6.45, 7) is 1.48. The van der Waals surface area contributed by atoms with Gasteiger partial charge in [0.15, 0.2) is 5.69 Å². The van der Waals surface area contributed by atoms with E-state index >= 15 is 0 Å². The van der Waals surface area contributed by atoms with Gasteiger partial charge in [0.2, 0.25) is 5.91 Å². The Morgan fingerprint density at radius 3 is 2.37 bits per heavy atom. The van der Waals surface area contributed by atoms with E-state index < -0.39 is 29.3 Å². The van der Waals surface area contributed by atoms with Crippen LogP contribution in [0.25, 0.3) is 16.8 Å². The van der Waals surface area contributed by atoms with Crippen molar-refractivity contribution < 1.29 is 14.4 Å². The van der Waals surface area contributed by atoms with Gasteiger partial charge < -0.3 is 5.32 Å². The van der Waals surface area contributed by atoms with Gasteiger partial charge in [0.05, 0.1) is 5.39 Å². The van der Waals surface area contributed by atoms with Crippen LogP contribution in [-0.4, -0.2) is 34.0 Å². The predicted octanol–water partition coefficient (Wildman–Crippen LogP) is 0.902. The molecule has 3 amide bonds. The number of aromatic amines is 1. The lowest BCUT2D eigenvalue weighted by atomic mass is 10.1. The molecule has 3 rings (SSSR count). The maximum Gasteiger partial charge on any atom is 0.290 e. The molecule has 4 N–H and O–H groups in total. The van der Waals surface area contributed by atoms with E-state index in [-0.39, 0.29) is 5.69 Å². The number of hydrogen-bond donors (Lipinski definition) is 4. The maximum atomic E-state index is 12.4. The van der Waals surface area contributed by atoms with Crippen molar-refractivity contribution in [2.24, 2.45) is 0 Å². The molecule has 3 aromatic rings. The summed E-state index contributed by atoms with van der Waals surface area (Å²) < 4.78 is 0. The van der Waals surface area contributed by atoms with Crippen LogP contribution in [0.5, 0.6) is 0 Å². The molecule has 0 aliphatic rings. The van der Waals surface area contributed by atoms with Gasteiger partial charge in [-0.1, -0.05) is 48.5 Å². The monoisotopic (exact) mass is 405 g/mol. The zero-order valence-corrected chi connectivity index (χ0v) is 16.0. The van der Waals surface area contributed by atoms with Crippen molar-refractivity contribution in [3.05, 3.63) is 82.3 Å². The summed E-state index contributed by atoms with van der Waals surface area (Å²) in [5.74, 6) is -1.79. The highest BCUT2D eigenvalue weighted by molar-refractivity contribution is 6.05. The second kappa shape index (κ2) is 9.28. The first-order valence-corrected chi connectivity index (χ1v) is 9.07. The van der Waals surface area contributed by atoms with Crippen LogP contribution in [0.4, 0.5) is 0 Å². The minimum atomic E-state index is -0.904.